The lowest BCUT2D eigenvalue weighted by atomic mass is 10.0. The zero-order chi connectivity index (χ0) is 24.8. The zero-order valence-electron chi connectivity index (χ0n) is 19.5. The van der Waals surface area contributed by atoms with Crippen LogP contribution in [0.4, 0.5) is 5.69 Å². The summed E-state index contributed by atoms with van der Waals surface area (Å²) in [5, 5.41) is 8.01. The van der Waals surface area contributed by atoms with E-state index in [4.69, 9.17) is 10.1 Å². The Kier molecular flexibility index (Phi) is 7.43. The number of rotatable bonds is 7. The highest BCUT2D eigenvalue weighted by Gasteiger charge is 2.13. The Hall–Kier alpha value is -3.75. The van der Waals surface area contributed by atoms with E-state index in [0.29, 0.717) is 18.5 Å². The van der Waals surface area contributed by atoms with Crippen molar-refractivity contribution >= 4 is 33.4 Å². The van der Waals surface area contributed by atoms with Gasteiger partial charge in [0.25, 0.3) is 5.91 Å². The molecule has 1 aliphatic heterocycles. The zero-order valence-corrected chi connectivity index (χ0v) is 20.3. The van der Waals surface area contributed by atoms with Crippen molar-refractivity contribution in [2.75, 3.05) is 31.6 Å². The maximum atomic E-state index is 12.5. The summed E-state index contributed by atoms with van der Waals surface area (Å²) in [5.41, 5.74) is 5.69. The van der Waals surface area contributed by atoms with Crippen LogP contribution in [-0.4, -0.2) is 46.7 Å². The molecule has 7 nitrogen and oxygen atoms in total. The summed E-state index contributed by atoms with van der Waals surface area (Å²) in [6.07, 6.45) is 4.61. The van der Waals surface area contributed by atoms with Gasteiger partial charge in [0.1, 0.15) is 0 Å². The molecule has 3 N–H and O–H groups in total. The number of primary sulfonamides is 1. The number of aliphatic imine (C=N–C) groups is 1. The van der Waals surface area contributed by atoms with Crippen LogP contribution in [0.25, 0.3) is 6.08 Å². The number of amides is 1. The number of anilines is 1. The van der Waals surface area contributed by atoms with E-state index in [-0.39, 0.29) is 10.8 Å². The first-order chi connectivity index (χ1) is 16.8. The molecule has 0 saturated heterocycles. The number of hydrogen-bond donors (Lipinski definition) is 2. The van der Waals surface area contributed by atoms with Crippen LogP contribution in [0.5, 0.6) is 0 Å². The molecule has 0 atom stereocenters. The number of fused-ring (bicyclic) bond motifs is 1. The molecule has 0 unspecified atom stereocenters. The molecule has 0 fully saturated rings. The molecule has 0 bridgehead atoms. The molecule has 3 aromatic rings. The second kappa shape index (κ2) is 10.7. The van der Waals surface area contributed by atoms with E-state index in [1.54, 1.807) is 24.3 Å². The van der Waals surface area contributed by atoms with Gasteiger partial charge < -0.3 is 10.2 Å². The highest BCUT2D eigenvalue weighted by atomic mass is 32.2. The molecule has 1 heterocycles. The van der Waals surface area contributed by atoms with Gasteiger partial charge in [-0.3, -0.25) is 9.79 Å². The average Bonchev–Trinajstić information content (AvgIpc) is 3.01. The van der Waals surface area contributed by atoms with Crippen molar-refractivity contribution in [2.45, 2.75) is 11.3 Å². The smallest absolute Gasteiger partial charge is 0.251 e. The number of carbonyl (C=O) groups is 1. The number of para-hydroxylation sites is 1. The number of benzodiazepines with no additional fused rings is 1. The molecule has 0 aliphatic carbocycles. The molecule has 180 valence electrons. The maximum Gasteiger partial charge on any atom is 0.251 e. The molecule has 4 rings (SSSR count). The van der Waals surface area contributed by atoms with Crippen LogP contribution in [0.3, 0.4) is 0 Å². The lowest BCUT2D eigenvalue weighted by Crippen LogP contribution is -2.25. The van der Waals surface area contributed by atoms with E-state index in [1.165, 1.54) is 17.8 Å². The van der Waals surface area contributed by atoms with Gasteiger partial charge in [-0.25, -0.2) is 13.6 Å². The van der Waals surface area contributed by atoms with Gasteiger partial charge in [0.2, 0.25) is 10.0 Å². The van der Waals surface area contributed by atoms with Gasteiger partial charge in [0.05, 0.1) is 17.2 Å². The first kappa shape index (κ1) is 24.4. The maximum absolute atomic E-state index is 12.5. The van der Waals surface area contributed by atoms with Crippen LogP contribution >= 0.6 is 0 Å². The minimum absolute atomic E-state index is 0.0714. The van der Waals surface area contributed by atoms with Crippen molar-refractivity contribution in [2.24, 2.45) is 10.1 Å². The Labute approximate surface area is 206 Å². The molecule has 0 spiro atoms. The molecule has 0 aromatic heterocycles. The summed E-state index contributed by atoms with van der Waals surface area (Å²) in [5.74, 6) is -0.160. The largest absolute Gasteiger partial charge is 0.372 e. The second-order valence-corrected chi connectivity index (χ2v) is 9.92. The molecule has 1 amide bonds. The van der Waals surface area contributed by atoms with E-state index >= 15 is 0 Å². The Morgan fingerprint density at radius 3 is 2.46 bits per heavy atom. The molecule has 3 aromatic carbocycles. The fraction of sp³-hybridized carbons (Fsp3) is 0.185. The molecule has 0 radical (unpaired) electrons. The van der Waals surface area contributed by atoms with E-state index in [0.717, 1.165) is 35.5 Å². The third-order valence-corrected chi connectivity index (χ3v) is 6.80. The first-order valence-corrected chi connectivity index (χ1v) is 12.9. The van der Waals surface area contributed by atoms with Gasteiger partial charge in [0.15, 0.2) is 0 Å². The van der Waals surface area contributed by atoms with Crippen molar-refractivity contribution in [3.63, 3.8) is 0 Å². The molecule has 35 heavy (non-hydrogen) atoms. The molecule has 1 aliphatic rings. The van der Waals surface area contributed by atoms with Crippen LogP contribution in [0.1, 0.15) is 27.0 Å². The van der Waals surface area contributed by atoms with E-state index in [9.17, 15) is 13.2 Å². The van der Waals surface area contributed by atoms with Gasteiger partial charge in [-0.1, -0.05) is 48.5 Å². The number of benzene rings is 3. The van der Waals surface area contributed by atoms with Gasteiger partial charge in [0, 0.05) is 37.0 Å². The van der Waals surface area contributed by atoms with Crippen LogP contribution in [0, 0.1) is 0 Å². The van der Waals surface area contributed by atoms with E-state index in [1.807, 2.05) is 36.4 Å². The monoisotopic (exact) mass is 488 g/mol. The first-order valence-electron chi connectivity index (χ1n) is 11.3. The quantitative estimate of drug-likeness (QED) is 0.533. The summed E-state index contributed by atoms with van der Waals surface area (Å²) in [7, 11) is -1.63. The number of allylic oxidation sites excluding steroid dienone is 1. The fourth-order valence-corrected chi connectivity index (χ4v) is 4.40. The summed E-state index contributed by atoms with van der Waals surface area (Å²) in [4.78, 5) is 19.5. The highest BCUT2D eigenvalue weighted by molar-refractivity contribution is 7.89. The predicted octanol–water partition coefficient (Wildman–Crippen LogP) is 3.26. The van der Waals surface area contributed by atoms with E-state index in [2.05, 4.69) is 29.4 Å². The number of carbonyl (C=O) groups excluding carboxylic acids is 1. The standard InChI is InChI=1S/C27H28N4O3S/c1-31-19-18-29-25(24-4-2-3-5-26(24)31)15-10-20-6-11-22(12-7-20)27(32)30-17-16-21-8-13-23(14-9-21)35(28,33)34/h2-15H,16-19H2,1H3,(H,30,32)(H2,28,33,34)/b15-10+. The number of hydrogen-bond acceptors (Lipinski definition) is 5. The Morgan fingerprint density at radius 1 is 1.03 bits per heavy atom. The van der Waals surface area contributed by atoms with Gasteiger partial charge in [-0.15, -0.1) is 0 Å². The lowest BCUT2D eigenvalue weighted by molar-refractivity contribution is 0.0954. The van der Waals surface area contributed by atoms with Crippen molar-refractivity contribution < 1.29 is 13.2 Å². The topological polar surface area (TPSA) is 105 Å². The summed E-state index contributed by atoms with van der Waals surface area (Å²) in [6, 6.07) is 22.0. The Balaban J connectivity index is 1.34. The number of nitrogens with zero attached hydrogens (tertiary/aromatic N) is 2. The average molecular weight is 489 g/mol. The molecular formula is C27H28N4O3S. The van der Waals surface area contributed by atoms with Crippen LogP contribution in [0.2, 0.25) is 0 Å². The fourth-order valence-electron chi connectivity index (χ4n) is 3.88. The SMILES string of the molecule is CN1CCN=C(/C=C/c2ccc(C(=O)NCCc3ccc(S(N)(=O)=O)cc3)cc2)c2ccccc21. The number of sulfonamides is 1. The summed E-state index contributed by atoms with van der Waals surface area (Å²) >= 11 is 0. The summed E-state index contributed by atoms with van der Waals surface area (Å²) < 4.78 is 22.7. The van der Waals surface area contributed by atoms with Crippen molar-refractivity contribution in [3.05, 3.63) is 101 Å². The van der Waals surface area contributed by atoms with Crippen molar-refractivity contribution in [1.82, 2.24) is 5.32 Å². The molecular weight excluding hydrogens is 460 g/mol. The highest BCUT2D eigenvalue weighted by Crippen LogP contribution is 2.23. The number of nitrogens with one attached hydrogen (secondary N) is 1. The lowest BCUT2D eigenvalue weighted by Gasteiger charge is -2.18. The molecule has 8 heteroatoms. The Bertz CT molecular complexity index is 1360. The second-order valence-electron chi connectivity index (χ2n) is 8.36. The Morgan fingerprint density at radius 2 is 1.74 bits per heavy atom. The van der Waals surface area contributed by atoms with Gasteiger partial charge in [-0.05, 0) is 54.0 Å². The van der Waals surface area contributed by atoms with Crippen molar-refractivity contribution in [3.8, 4) is 0 Å². The van der Waals surface area contributed by atoms with Crippen LogP contribution in [-0.2, 0) is 16.4 Å². The van der Waals surface area contributed by atoms with Crippen LogP contribution in [0.15, 0.2) is 88.8 Å². The number of nitrogens with two attached hydrogens (primary N) is 1. The number of likely N-dealkylation sites (N-methyl/N-ethyl adjacent to an activating group) is 1. The van der Waals surface area contributed by atoms with Gasteiger partial charge in [-0.2, -0.15) is 0 Å². The summed E-state index contributed by atoms with van der Waals surface area (Å²) in [6.45, 7) is 2.04. The molecule has 0 saturated carbocycles. The predicted molar refractivity (Wildman–Crippen MR) is 140 cm³/mol. The van der Waals surface area contributed by atoms with Crippen molar-refractivity contribution in [1.29, 1.82) is 0 Å². The van der Waals surface area contributed by atoms with E-state index < -0.39 is 10.0 Å². The minimum atomic E-state index is -3.70. The normalized spacial score (nSPS) is 13.8. The third kappa shape index (κ3) is 6.23. The van der Waals surface area contributed by atoms with Gasteiger partial charge >= 0.3 is 0 Å². The van der Waals surface area contributed by atoms with Crippen LogP contribution < -0.4 is 15.4 Å². The minimum Gasteiger partial charge on any atom is -0.372 e. The third-order valence-electron chi connectivity index (χ3n) is 5.87.